The van der Waals surface area contributed by atoms with Crippen LogP contribution in [0.5, 0.6) is 0 Å². The quantitative estimate of drug-likeness (QED) is 0.166. The van der Waals surface area contributed by atoms with E-state index >= 15 is 0 Å². The molecule has 1 heterocycles. The zero-order valence-electron chi connectivity index (χ0n) is 46.3. The standard InChI is InChI=1S/C50H32O/c1-3-12-33(13-4-1)35-22-24-36(25-23-35)37-26-28-38(29-27-37)48-40-16-7-9-18-42(40)49(43-19-10-8-17-41(43)48)45-20-11-21-46-50(45)44-31-30-39(32-47(44)51-46)34-14-5-2-6-15-34/h1-32H/i1D,2D,3D,4D,5D,6D,11D,12D,13D,14D,15D,20D,21D,22D,23D,24D,25D,30D,31D,32D. The molecule has 238 valence electrons. The highest BCUT2D eigenvalue weighted by atomic mass is 16.3. The van der Waals surface area contributed by atoms with Gasteiger partial charge in [-0.3, -0.25) is 0 Å². The van der Waals surface area contributed by atoms with Gasteiger partial charge in [-0.1, -0.05) is 176 Å². The molecule has 0 atom stereocenters. The largest absolute Gasteiger partial charge is 0.456 e. The van der Waals surface area contributed by atoms with Gasteiger partial charge in [0.1, 0.15) is 11.2 Å². The van der Waals surface area contributed by atoms with Crippen LogP contribution >= 0.6 is 0 Å². The van der Waals surface area contributed by atoms with Gasteiger partial charge in [0.15, 0.2) is 0 Å². The normalized spacial score (nSPS) is 17.0. The Morgan fingerprint density at radius 1 is 0.333 bits per heavy atom. The van der Waals surface area contributed by atoms with Crippen molar-refractivity contribution in [2.45, 2.75) is 0 Å². The van der Waals surface area contributed by atoms with E-state index in [4.69, 9.17) is 26.3 Å². The topological polar surface area (TPSA) is 13.1 Å². The third-order valence-corrected chi connectivity index (χ3v) is 8.84. The first-order chi connectivity index (χ1) is 33.6. The molecular formula is C50H32O. The average molecular weight is 669 g/mol. The summed E-state index contributed by atoms with van der Waals surface area (Å²) in [5.74, 6) is 0. The fourth-order valence-electron chi connectivity index (χ4n) is 6.60. The molecule has 0 spiro atoms. The Morgan fingerprint density at radius 3 is 1.43 bits per heavy atom. The zero-order chi connectivity index (χ0) is 51.1. The van der Waals surface area contributed by atoms with Gasteiger partial charge >= 0.3 is 0 Å². The summed E-state index contributed by atoms with van der Waals surface area (Å²) in [4.78, 5) is 0. The van der Waals surface area contributed by atoms with E-state index in [0.717, 1.165) is 0 Å². The van der Waals surface area contributed by atoms with Crippen molar-refractivity contribution >= 4 is 43.5 Å². The van der Waals surface area contributed by atoms with E-state index in [1.54, 1.807) is 60.7 Å². The van der Waals surface area contributed by atoms with E-state index < -0.39 is 143 Å². The van der Waals surface area contributed by atoms with Crippen molar-refractivity contribution in [1.29, 1.82) is 0 Å². The van der Waals surface area contributed by atoms with E-state index in [1.165, 1.54) is 0 Å². The van der Waals surface area contributed by atoms with Crippen molar-refractivity contribution in [3.63, 3.8) is 0 Å². The maximum Gasteiger partial charge on any atom is 0.136 e. The molecule has 0 aliphatic carbocycles. The smallest absolute Gasteiger partial charge is 0.136 e. The molecule has 0 saturated carbocycles. The lowest BCUT2D eigenvalue weighted by molar-refractivity contribution is 0.669. The van der Waals surface area contributed by atoms with E-state index in [1.807, 2.05) is 12.1 Å². The van der Waals surface area contributed by atoms with Crippen LogP contribution in [0, 0.1) is 0 Å². The molecule has 1 nitrogen and oxygen atoms in total. The summed E-state index contributed by atoms with van der Waals surface area (Å²) in [5, 5.41) is 2.23. The number of rotatable bonds is 5. The molecule has 1 aromatic heterocycles. The molecule has 9 aromatic carbocycles. The lowest BCUT2D eigenvalue weighted by Gasteiger charge is -2.18. The Kier molecular flexibility index (Phi) is 3.64. The van der Waals surface area contributed by atoms with Crippen LogP contribution in [0.3, 0.4) is 0 Å². The first-order valence-electron chi connectivity index (χ1n) is 25.9. The van der Waals surface area contributed by atoms with E-state index in [2.05, 4.69) is 0 Å². The van der Waals surface area contributed by atoms with Crippen LogP contribution in [0.4, 0.5) is 0 Å². The number of hydrogen-bond donors (Lipinski definition) is 0. The molecule has 0 N–H and O–H groups in total. The lowest BCUT2D eigenvalue weighted by atomic mass is 9.84. The highest BCUT2D eigenvalue weighted by Gasteiger charge is 2.20. The minimum atomic E-state index is -0.709. The van der Waals surface area contributed by atoms with E-state index in [0.29, 0.717) is 43.8 Å². The number of benzene rings is 9. The molecule has 0 aliphatic heterocycles. The van der Waals surface area contributed by atoms with Gasteiger partial charge in [0.25, 0.3) is 0 Å². The SMILES string of the molecule is [2H]c1c([2H])c([2H])c(-c2c([2H])c([2H])c(-c3ccc(-c4c5ccccc5c(-c5c([2H])c([2H])c([2H])c6oc7c([2H])c(-c8c([2H])c([2H])c([2H])c([2H])c8[2H])c([2H])c([2H])c7c56)c5ccccc45)cc3)c([2H])c2[2H])c([2H])c1[2H]. The van der Waals surface area contributed by atoms with Crippen LogP contribution in [0.15, 0.2) is 198 Å². The minimum Gasteiger partial charge on any atom is -0.456 e. The minimum absolute atomic E-state index is 0.00414. The Bertz CT molecular complexity index is 3900. The van der Waals surface area contributed by atoms with E-state index in [9.17, 15) is 5.48 Å². The van der Waals surface area contributed by atoms with Crippen molar-refractivity contribution in [3.8, 4) is 55.6 Å². The van der Waals surface area contributed by atoms with E-state index in [-0.39, 0.29) is 33.1 Å². The van der Waals surface area contributed by atoms with Crippen molar-refractivity contribution in [1.82, 2.24) is 0 Å². The molecule has 10 aromatic rings. The molecule has 10 rings (SSSR count). The Labute approximate surface area is 324 Å². The summed E-state index contributed by atoms with van der Waals surface area (Å²) >= 11 is 0. The second kappa shape index (κ2) is 12.0. The van der Waals surface area contributed by atoms with Crippen LogP contribution in [0.25, 0.3) is 99.1 Å². The maximum absolute atomic E-state index is 9.48. The number of hydrogen-bond acceptors (Lipinski definition) is 1. The summed E-state index contributed by atoms with van der Waals surface area (Å²) in [6.45, 7) is 0. The Morgan fingerprint density at radius 2 is 0.824 bits per heavy atom. The molecule has 51 heavy (non-hydrogen) atoms. The van der Waals surface area contributed by atoms with Crippen LogP contribution in [-0.4, -0.2) is 0 Å². The Balaban J connectivity index is 1.21. The second-order valence-electron chi connectivity index (χ2n) is 11.7. The average Bonchev–Trinajstić information content (AvgIpc) is 3.77. The first kappa shape index (κ1) is 15.5. The lowest BCUT2D eigenvalue weighted by Crippen LogP contribution is -1.91. The summed E-state index contributed by atoms with van der Waals surface area (Å²) in [7, 11) is 0. The molecule has 0 aliphatic rings. The second-order valence-corrected chi connectivity index (χ2v) is 11.7. The highest BCUT2D eigenvalue weighted by Crippen LogP contribution is 2.47. The summed E-state index contributed by atoms with van der Waals surface area (Å²) < 4.78 is 180. The molecule has 0 amide bonds. The predicted octanol–water partition coefficient (Wildman–Crippen LogP) is 14.2. The van der Waals surface area contributed by atoms with Gasteiger partial charge in [0.05, 0.1) is 27.4 Å². The molecule has 0 unspecified atom stereocenters. The maximum atomic E-state index is 9.48. The van der Waals surface area contributed by atoms with Crippen LogP contribution in [0.2, 0.25) is 0 Å². The van der Waals surface area contributed by atoms with Crippen molar-refractivity contribution in [2.24, 2.45) is 0 Å². The molecule has 1 heteroatoms. The first-order valence-corrected chi connectivity index (χ1v) is 15.9. The fourth-order valence-corrected chi connectivity index (χ4v) is 6.60. The molecule has 0 saturated heterocycles. The van der Waals surface area contributed by atoms with Gasteiger partial charge in [-0.05, 0) is 95.3 Å². The molecular weight excluding hydrogens is 617 g/mol. The highest BCUT2D eigenvalue weighted by molar-refractivity contribution is 6.25. The molecule has 0 radical (unpaired) electrons. The fraction of sp³-hybridized carbons (Fsp3) is 0. The van der Waals surface area contributed by atoms with Gasteiger partial charge in [-0.25, -0.2) is 0 Å². The van der Waals surface area contributed by atoms with Gasteiger partial charge < -0.3 is 4.42 Å². The van der Waals surface area contributed by atoms with Crippen LogP contribution in [0.1, 0.15) is 27.4 Å². The third kappa shape index (κ3) is 4.94. The van der Waals surface area contributed by atoms with Crippen LogP contribution < -0.4 is 0 Å². The summed E-state index contributed by atoms with van der Waals surface area (Å²) in [6.07, 6.45) is 0. The van der Waals surface area contributed by atoms with Gasteiger partial charge in [-0.15, -0.1) is 0 Å². The van der Waals surface area contributed by atoms with Crippen molar-refractivity contribution < 1.29 is 31.8 Å². The predicted molar refractivity (Wildman–Crippen MR) is 216 cm³/mol. The van der Waals surface area contributed by atoms with Gasteiger partial charge in [-0.2, -0.15) is 0 Å². The number of furan rings is 1. The summed E-state index contributed by atoms with van der Waals surface area (Å²) in [5.41, 5.74) is -0.441. The molecule has 0 fully saturated rings. The third-order valence-electron chi connectivity index (χ3n) is 8.84. The molecule has 0 bridgehead atoms. The number of fused-ring (bicyclic) bond motifs is 5. The Hall–Kier alpha value is -6.70. The van der Waals surface area contributed by atoms with Crippen LogP contribution in [-0.2, 0) is 0 Å². The summed E-state index contributed by atoms with van der Waals surface area (Å²) in [6, 6.07) is 8.81. The zero-order valence-corrected chi connectivity index (χ0v) is 26.3. The van der Waals surface area contributed by atoms with Gasteiger partial charge in [0, 0.05) is 10.8 Å². The van der Waals surface area contributed by atoms with Gasteiger partial charge in [0.2, 0.25) is 0 Å². The van der Waals surface area contributed by atoms with Crippen molar-refractivity contribution in [2.75, 3.05) is 0 Å². The van der Waals surface area contributed by atoms with Crippen molar-refractivity contribution in [3.05, 3.63) is 194 Å². The monoisotopic (exact) mass is 668 g/mol.